The minimum absolute atomic E-state index is 0.302. The van der Waals surface area contributed by atoms with Crippen LogP contribution in [0.25, 0.3) is 0 Å². The molecule has 1 aromatic rings. The van der Waals surface area contributed by atoms with Crippen LogP contribution in [-0.4, -0.2) is 22.1 Å². The Morgan fingerprint density at radius 3 is 2.80 bits per heavy atom. The van der Waals surface area contributed by atoms with E-state index in [4.69, 9.17) is 22.2 Å². The summed E-state index contributed by atoms with van der Waals surface area (Å²) in [5.74, 6) is 0. The number of hydrogen-bond donors (Lipinski definition) is 2. The van der Waals surface area contributed by atoms with Crippen LogP contribution < -0.4 is 0 Å². The molecule has 0 amide bonds. The predicted molar refractivity (Wildman–Crippen MR) is 58.2 cm³/mol. The maximum absolute atomic E-state index is 8.41. The van der Waals surface area contributed by atoms with E-state index in [1.807, 2.05) is 6.07 Å². The van der Waals surface area contributed by atoms with Crippen molar-refractivity contribution in [3.63, 3.8) is 0 Å². The van der Waals surface area contributed by atoms with Crippen LogP contribution >= 0.6 is 11.6 Å². The molecular weight excluding hydrogens is 214 g/mol. The highest BCUT2D eigenvalue weighted by Crippen LogP contribution is 2.48. The molecule has 0 spiro atoms. The van der Waals surface area contributed by atoms with Gasteiger partial charge in [0.2, 0.25) is 0 Å². The molecule has 0 unspecified atom stereocenters. The van der Waals surface area contributed by atoms with Crippen molar-refractivity contribution in [1.29, 1.82) is 5.41 Å². The lowest BCUT2D eigenvalue weighted by molar-refractivity contribution is 0.322. The van der Waals surface area contributed by atoms with Crippen molar-refractivity contribution in [3.05, 3.63) is 29.0 Å². The molecule has 0 aromatic carbocycles. The van der Waals surface area contributed by atoms with E-state index in [0.29, 0.717) is 10.9 Å². The lowest BCUT2D eigenvalue weighted by Crippen LogP contribution is -2.20. The molecular formula is C10H10ClN3O. The zero-order chi connectivity index (χ0) is 10.9. The Kier molecular flexibility index (Phi) is 2.44. The molecule has 0 saturated heterocycles. The van der Waals surface area contributed by atoms with Gasteiger partial charge in [-0.25, -0.2) is 4.98 Å². The lowest BCUT2D eigenvalue weighted by atomic mass is 9.93. The van der Waals surface area contributed by atoms with E-state index in [1.165, 1.54) is 6.21 Å². The maximum atomic E-state index is 8.41. The van der Waals surface area contributed by atoms with Crippen molar-refractivity contribution < 1.29 is 5.21 Å². The molecule has 1 aliphatic carbocycles. The van der Waals surface area contributed by atoms with Gasteiger partial charge < -0.3 is 10.6 Å². The Balaban J connectivity index is 2.30. The minimum Gasteiger partial charge on any atom is -0.411 e. The van der Waals surface area contributed by atoms with Crippen LogP contribution in [0.15, 0.2) is 23.5 Å². The van der Waals surface area contributed by atoms with Crippen LogP contribution in [0.3, 0.4) is 0 Å². The number of nitrogens with one attached hydrogen (secondary N) is 1. The summed E-state index contributed by atoms with van der Waals surface area (Å²) in [7, 11) is 0. The van der Waals surface area contributed by atoms with E-state index in [9.17, 15) is 0 Å². The van der Waals surface area contributed by atoms with Crippen LogP contribution in [0.1, 0.15) is 18.4 Å². The third-order valence-corrected chi connectivity index (χ3v) is 2.96. The summed E-state index contributed by atoms with van der Waals surface area (Å²) in [6.45, 7) is 0. The van der Waals surface area contributed by atoms with E-state index >= 15 is 0 Å². The summed E-state index contributed by atoms with van der Waals surface area (Å²) < 4.78 is 0. The van der Waals surface area contributed by atoms with Crippen molar-refractivity contribution in [1.82, 2.24) is 4.98 Å². The Morgan fingerprint density at radius 1 is 1.60 bits per heavy atom. The summed E-state index contributed by atoms with van der Waals surface area (Å²) in [5, 5.41) is 19.5. The van der Waals surface area contributed by atoms with Gasteiger partial charge in [0.05, 0.1) is 11.9 Å². The Bertz CT molecular complexity index is 409. The lowest BCUT2D eigenvalue weighted by Gasteiger charge is -2.12. The molecule has 1 aromatic heterocycles. The third kappa shape index (κ3) is 1.72. The molecule has 2 N–H and O–H groups in total. The monoisotopic (exact) mass is 223 g/mol. The first-order chi connectivity index (χ1) is 7.19. The second kappa shape index (κ2) is 3.62. The minimum atomic E-state index is -0.302. The number of aromatic nitrogens is 1. The molecule has 1 fully saturated rings. The number of pyridine rings is 1. The van der Waals surface area contributed by atoms with Crippen molar-refractivity contribution in [3.8, 4) is 0 Å². The number of halogens is 1. The summed E-state index contributed by atoms with van der Waals surface area (Å²) in [6, 6.07) is 3.57. The molecule has 1 saturated carbocycles. The molecule has 1 heterocycles. The van der Waals surface area contributed by atoms with Gasteiger partial charge >= 0.3 is 0 Å². The second-order valence-electron chi connectivity index (χ2n) is 3.61. The number of rotatable bonds is 3. The van der Waals surface area contributed by atoms with Crippen LogP contribution in [0, 0.1) is 5.41 Å². The quantitative estimate of drug-likeness (QED) is 0.357. The standard InChI is InChI=1S/C10H10ClN3O/c11-9-2-1-7(5-13-9)10(3-4-10)8(12)6-14-15/h1-2,5-6,12,15H,3-4H2. The predicted octanol–water partition coefficient (Wildman–Crippen LogP) is 2.25. The molecule has 0 atom stereocenters. The van der Waals surface area contributed by atoms with Crippen molar-refractivity contribution >= 4 is 23.5 Å². The highest BCUT2D eigenvalue weighted by Gasteiger charge is 2.48. The largest absolute Gasteiger partial charge is 0.411 e. The van der Waals surface area contributed by atoms with Crippen molar-refractivity contribution in [2.75, 3.05) is 0 Å². The summed E-state index contributed by atoms with van der Waals surface area (Å²) in [6.07, 6.45) is 4.62. The average Bonchev–Trinajstić information content (AvgIpc) is 3.00. The van der Waals surface area contributed by atoms with Crippen molar-refractivity contribution in [2.24, 2.45) is 5.16 Å². The zero-order valence-corrected chi connectivity index (χ0v) is 8.70. The fourth-order valence-electron chi connectivity index (χ4n) is 1.68. The van der Waals surface area contributed by atoms with Gasteiger partial charge in [-0.3, -0.25) is 0 Å². The average molecular weight is 224 g/mol. The van der Waals surface area contributed by atoms with Crippen LogP contribution in [0.4, 0.5) is 0 Å². The first-order valence-electron chi connectivity index (χ1n) is 4.57. The first-order valence-corrected chi connectivity index (χ1v) is 4.95. The van der Waals surface area contributed by atoms with E-state index in [0.717, 1.165) is 18.4 Å². The number of oxime groups is 1. The highest BCUT2D eigenvalue weighted by molar-refractivity contribution is 6.34. The normalized spacial score (nSPS) is 17.9. The van der Waals surface area contributed by atoms with Gasteiger partial charge in [-0.15, -0.1) is 0 Å². The van der Waals surface area contributed by atoms with Gasteiger partial charge in [0, 0.05) is 11.6 Å². The van der Waals surface area contributed by atoms with Gasteiger partial charge in [0.15, 0.2) is 0 Å². The molecule has 4 nitrogen and oxygen atoms in total. The molecule has 78 valence electrons. The fraction of sp³-hybridized carbons (Fsp3) is 0.300. The molecule has 1 aliphatic rings. The molecule has 15 heavy (non-hydrogen) atoms. The van der Waals surface area contributed by atoms with Gasteiger partial charge in [0.1, 0.15) is 5.15 Å². The van der Waals surface area contributed by atoms with E-state index in [1.54, 1.807) is 12.3 Å². The third-order valence-electron chi connectivity index (χ3n) is 2.73. The smallest absolute Gasteiger partial charge is 0.129 e. The van der Waals surface area contributed by atoms with Crippen LogP contribution in [0.2, 0.25) is 5.15 Å². The van der Waals surface area contributed by atoms with Crippen LogP contribution in [-0.2, 0) is 5.41 Å². The first kappa shape index (κ1) is 10.1. The van der Waals surface area contributed by atoms with Crippen molar-refractivity contribution in [2.45, 2.75) is 18.3 Å². The number of nitrogens with zero attached hydrogens (tertiary/aromatic N) is 2. The summed E-state index contributed by atoms with van der Waals surface area (Å²) >= 11 is 5.69. The van der Waals surface area contributed by atoms with E-state index < -0.39 is 0 Å². The number of hydrogen-bond acceptors (Lipinski definition) is 4. The summed E-state index contributed by atoms with van der Waals surface area (Å²) in [5.41, 5.74) is 0.968. The molecule has 0 bridgehead atoms. The molecule has 2 rings (SSSR count). The fourth-order valence-corrected chi connectivity index (χ4v) is 1.79. The molecule has 0 radical (unpaired) electrons. The van der Waals surface area contributed by atoms with Gasteiger partial charge in [-0.1, -0.05) is 22.8 Å². The SMILES string of the molecule is N=C(C=NO)C1(c2ccc(Cl)nc2)CC1. The van der Waals surface area contributed by atoms with E-state index in [-0.39, 0.29) is 5.41 Å². The molecule has 5 heteroatoms. The van der Waals surface area contributed by atoms with Crippen LogP contribution in [0.5, 0.6) is 0 Å². The van der Waals surface area contributed by atoms with Gasteiger partial charge in [-0.2, -0.15) is 0 Å². The Hall–Kier alpha value is -1.42. The van der Waals surface area contributed by atoms with E-state index in [2.05, 4.69) is 10.1 Å². The van der Waals surface area contributed by atoms with Gasteiger partial charge in [0.25, 0.3) is 0 Å². The second-order valence-corrected chi connectivity index (χ2v) is 4.00. The topological polar surface area (TPSA) is 69.3 Å². The molecule has 0 aliphatic heterocycles. The Morgan fingerprint density at radius 2 is 2.33 bits per heavy atom. The highest BCUT2D eigenvalue weighted by atomic mass is 35.5. The van der Waals surface area contributed by atoms with Gasteiger partial charge in [-0.05, 0) is 24.5 Å². The summed E-state index contributed by atoms with van der Waals surface area (Å²) in [4.78, 5) is 3.99. The Labute approximate surface area is 92.1 Å². The zero-order valence-electron chi connectivity index (χ0n) is 7.94. The maximum Gasteiger partial charge on any atom is 0.129 e.